The maximum atomic E-state index is 14.7. The summed E-state index contributed by atoms with van der Waals surface area (Å²) < 4.78 is 48.4. The Labute approximate surface area is 173 Å². The Morgan fingerprint density at radius 2 is 2.10 bits per heavy atom. The highest BCUT2D eigenvalue weighted by Crippen LogP contribution is 2.43. The Bertz CT molecular complexity index is 1390. The highest BCUT2D eigenvalue weighted by Gasteiger charge is 2.33. The number of aryl methyl sites for hydroxylation is 1. The van der Waals surface area contributed by atoms with Gasteiger partial charge in [0.15, 0.2) is 0 Å². The third kappa shape index (κ3) is 2.70. The smallest absolute Gasteiger partial charge is 0.269 e. The summed E-state index contributed by atoms with van der Waals surface area (Å²) in [7, 11) is -4.01. The quantitative estimate of drug-likeness (QED) is 0.469. The maximum Gasteiger partial charge on any atom is 0.269 e. The molecule has 1 aliphatic carbocycles. The van der Waals surface area contributed by atoms with Crippen molar-refractivity contribution in [2.75, 3.05) is 0 Å². The molecular formula is C22H20FN3O3S. The molecule has 0 N–H and O–H groups in total. The normalized spacial score (nSPS) is 16.3. The maximum absolute atomic E-state index is 14.7. The van der Waals surface area contributed by atoms with Gasteiger partial charge in [-0.05, 0) is 61.4 Å². The van der Waals surface area contributed by atoms with Gasteiger partial charge in [0, 0.05) is 11.8 Å². The molecule has 1 aliphatic rings. The number of benzene rings is 1. The van der Waals surface area contributed by atoms with Crippen LogP contribution in [0.2, 0.25) is 0 Å². The zero-order chi connectivity index (χ0) is 21.0. The zero-order valence-corrected chi connectivity index (χ0v) is 17.4. The highest BCUT2D eigenvalue weighted by molar-refractivity contribution is 7.90. The van der Waals surface area contributed by atoms with Crippen LogP contribution in [0.3, 0.4) is 0 Å². The lowest BCUT2D eigenvalue weighted by molar-refractivity contribution is 0.442. The van der Waals surface area contributed by atoms with Gasteiger partial charge in [0.25, 0.3) is 15.7 Å². The minimum Gasteiger partial charge on any atom is -0.336 e. The minimum absolute atomic E-state index is 0.0145. The molecule has 4 aromatic rings. The number of hydrogen-bond donors (Lipinski definition) is 0. The summed E-state index contributed by atoms with van der Waals surface area (Å²) >= 11 is 0. The molecule has 0 radical (unpaired) electrons. The first-order valence-electron chi connectivity index (χ1n) is 9.88. The lowest BCUT2D eigenvalue weighted by Gasteiger charge is -2.13. The van der Waals surface area contributed by atoms with E-state index < -0.39 is 15.8 Å². The number of rotatable bonds is 4. The van der Waals surface area contributed by atoms with Crippen LogP contribution in [0.15, 0.2) is 52.1 Å². The van der Waals surface area contributed by atoms with Crippen LogP contribution in [-0.4, -0.2) is 22.5 Å². The molecular weight excluding hydrogens is 405 g/mol. The number of hydrogen-bond acceptors (Lipinski definition) is 5. The number of fused-ring (bicyclic) bond motifs is 2. The molecule has 5 rings (SSSR count). The van der Waals surface area contributed by atoms with Gasteiger partial charge in [-0.15, -0.1) is 0 Å². The second-order valence-electron chi connectivity index (χ2n) is 7.63. The van der Waals surface area contributed by atoms with Crippen LogP contribution in [-0.2, 0) is 16.4 Å². The van der Waals surface area contributed by atoms with Gasteiger partial charge in [0.1, 0.15) is 10.7 Å². The highest BCUT2D eigenvalue weighted by atomic mass is 32.2. The van der Waals surface area contributed by atoms with Crippen molar-refractivity contribution in [1.82, 2.24) is 14.1 Å². The monoisotopic (exact) mass is 425 g/mol. The molecule has 0 bridgehead atoms. The van der Waals surface area contributed by atoms with Crippen molar-refractivity contribution in [3.63, 3.8) is 0 Å². The summed E-state index contributed by atoms with van der Waals surface area (Å²) in [5, 5.41) is 4.38. The molecule has 1 unspecified atom stereocenters. The van der Waals surface area contributed by atoms with Crippen molar-refractivity contribution in [1.29, 1.82) is 0 Å². The van der Waals surface area contributed by atoms with Gasteiger partial charge in [-0.2, -0.15) is 0 Å². The Hall–Kier alpha value is -3.00. The van der Waals surface area contributed by atoms with E-state index in [1.54, 1.807) is 31.3 Å². The standard InChI is InChI=1S/C22H20FN3O3S/c1-3-14-8-9-16-19(14)12-26(21(16)17-6-4-5-7-20(17)23)30(27,28)15-10-18-13(2)25-29-22(18)24-11-15/h4-7,10-12,14H,3,8-9H2,1-2H3. The molecule has 0 amide bonds. The third-order valence-electron chi connectivity index (χ3n) is 5.96. The van der Waals surface area contributed by atoms with E-state index in [1.165, 1.54) is 22.3 Å². The predicted molar refractivity (Wildman–Crippen MR) is 110 cm³/mol. The fraction of sp³-hybridized carbons (Fsp3) is 0.273. The van der Waals surface area contributed by atoms with Crippen molar-refractivity contribution < 1.29 is 17.3 Å². The molecule has 0 fully saturated rings. The molecule has 3 aromatic heterocycles. The van der Waals surface area contributed by atoms with Crippen molar-refractivity contribution in [3.8, 4) is 11.3 Å². The fourth-order valence-corrected chi connectivity index (χ4v) is 5.74. The second kappa shape index (κ2) is 6.77. The Balaban J connectivity index is 1.77. The average molecular weight is 425 g/mol. The van der Waals surface area contributed by atoms with Gasteiger partial charge >= 0.3 is 0 Å². The summed E-state index contributed by atoms with van der Waals surface area (Å²) in [6, 6.07) is 7.81. The minimum atomic E-state index is -4.01. The first-order chi connectivity index (χ1) is 14.4. The van der Waals surface area contributed by atoms with Crippen molar-refractivity contribution in [2.45, 2.75) is 43.9 Å². The van der Waals surface area contributed by atoms with Crippen molar-refractivity contribution in [2.24, 2.45) is 0 Å². The van der Waals surface area contributed by atoms with Crippen LogP contribution in [0.4, 0.5) is 4.39 Å². The first-order valence-corrected chi connectivity index (χ1v) is 11.3. The van der Waals surface area contributed by atoms with Crippen LogP contribution < -0.4 is 0 Å². The average Bonchev–Trinajstić information content (AvgIpc) is 3.42. The second-order valence-corrected chi connectivity index (χ2v) is 9.44. The number of aromatic nitrogens is 3. The summed E-state index contributed by atoms with van der Waals surface area (Å²) in [5.74, 6) is -0.179. The molecule has 30 heavy (non-hydrogen) atoms. The number of nitrogens with zero attached hydrogens (tertiary/aromatic N) is 3. The van der Waals surface area contributed by atoms with E-state index in [-0.39, 0.29) is 22.1 Å². The van der Waals surface area contributed by atoms with E-state index in [0.717, 1.165) is 30.4 Å². The molecule has 0 aliphatic heterocycles. The zero-order valence-electron chi connectivity index (χ0n) is 16.6. The molecule has 154 valence electrons. The van der Waals surface area contributed by atoms with E-state index in [4.69, 9.17) is 4.52 Å². The molecule has 0 spiro atoms. The lowest BCUT2D eigenvalue weighted by atomic mass is 10.0. The lowest BCUT2D eigenvalue weighted by Crippen LogP contribution is -2.15. The molecule has 0 saturated carbocycles. The summed E-state index contributed by atoms with van der Waals surface area (Å²) in [6.07, 6.45) is 5.49. The third-order valence-corrected chi connectivity index (χ3v) is 7.58. The van der Waals surface area contributed by atoms with E-state index >= 15 is 0 Å². The van der Waals surface area contributed by atoms with Gasteiger partial charge in [0.2, 0.25) is 0 Å². The van der Waals surface area contributed by atoms with Crippen LogP contribution >= 0.6 is 0 Å². The van der Waals surface area contributed by atoms with Crippen molar-refractivity contribution in [3.05, 3.63) is 65.4 Å². The van der Waals surface area contributed by atoms with Crippen LogP contribution in [0.5, 0.6) is 0 Å². The molecule has 6 nitrogen and oxygen atoms in total. The molecule has 0 saturated heterocycles. The van der Waals surface area contributed by atoms with Crippen LogP contribution in [0.25, 0.3) is 22.4 Å². The van der Waals surface area contributed by atoms with Gasteiger partial charge in [0.05, 0.1) is 23.0 Å². The Morgan fingerprint density at radius 3 is 2.87 bits per heavy atom. The fourth-order valence-electron chi connectivity index (χ4n) is 4.36. The first kappa shape index (κ1) is 19.0. The van der Waals surface area contributed by atoms with Crippen molar-refractivity contribution >= 4 is 21.1 Å². The van der Waals surface area contributed by atoms with Gasteiger partial charge in [-0.3, -0.25) is 0 Å². The number of pyridine rings is 1. The van der Waals surface area contributed by atoms with Gasteiger partial charge in [-0.25, -0.2) is 21.8 Å². The van der Waals surface area contributed by atoms with Crippen LogP contribution in [0, 0.1) is 12.7 Å². The van der Waals surface area contributed by atoms with E-state index in [1.807, 2.05) is 0 Å². The molecule has 3 heterocycles. The summed E-state index contributed by atoms with van der Waals surface area (Å²) in [6.45, 7) is 3.81. The van der Waals surface area contributed by atoms with Gasteiger partial charge < -0.3 is 4.52 Å². The van der Waals surface area contributed by atoms with E-state index in [9.17, 15) is 12.8 Å². The SMILES string of the molecule is CCC1CCc2c1cn(S(=O)(=O)c1cnc3onc(C)c3c1)c2-c1ccccc1F. The predicted octanol–water partition coefficient (Wildman–Crippen LogP) is 4.82. The molecule has 1 aromatic carbocycles. The summed E-state index contributed by atoms with van der Waals surface area (Å²) in [5.41, 5.74) is 3.42. The topological polar surface area (TPSA) is 78.0 Å². The molecule has 1 atom stereocenters. The molecule has 8 heteroatoms. The summed E-state index contributed by atoms with van der Waals surface area (Å²) in [4.78, 5) is 4.13. The van der Waals surface area contributed by atoms with E-state index in [0.29, 0.717) is 16.8 Å². The Kier molecular flexibility index (Phi) is 4.28. The largest absolute Gasteiger partial charge is 0.336 e. The number of halogens is 1. The van der Waals surface area contributed by atoms with Crippen LogP contribution in [0.1, 0.15) is 42.5 Å². The Morgan fingerprint density at radius 1 is 1.30 bits per heavy atom. The van der Waals surface area contributed by atoms with E-state index in [2.05, 4.69) is 17.1 Å². The van der Waals surface area contributed by atoms with Gasteiger partial charge in [-0.1, -0.05) is 24.2 Å².